The Bertz CT molecular complexity index is 123. The first kappa shape index (κ1) is 13.9. The molecule has 0 fully saturated rings. The highest BCUT2D eigenvalue weighted by Crippen LogP contribution is 2.24. The third-order valence-electron chi connectivity index (χ3n) is 3.19. The van der Waals surface area contributed by atoms with Crippen LogP contribution in [0.15, 0.2) is 0 Å². The molecule has 2 heteroatoms. The van der Waals surface area contributed by atoms with Crippen LogP contribution in [0.4, 0.5) is 0 Å². The minimum Gasteiger partial charge on any atom is -0.396 e. The molecule has 0 aliphatic heterocycles. The molecule has 0 saturated heterocycles. The zero-order valence-electron chi connectivity index (χ0n) is 9.87. The van der Waals surface area contributed by atoms with Crippen molar-refractivity contribution in [1.29, 1.82) is 0 Å². The monoisotopic (exact) mass is 202 g/mol. The van der Waals surface area contributed by atoms with E-state index in [9.17, 15) is 5.11 Å². The standard InChI is InChI=1S/C12H26O2/c1-4-11(7-6-8-13)9-12(5-2)10(3)14/h10-14H,4-9H2,1-3H3. The zero-order valence-corrected chi connectivity index (χ0v) is 9.87. The Labute approximate surface area is 88.3 Å². The van der Waals surface area contributed by atoms with Gasteiger partial charge < -0.3 is 10.2 Å². The Balaban J connectivity index is 3.87. The topological polar surface area (TPSA) is 40.5 Å². The van der Waals surface area contributed by atoms with Gasteiger partial charge in [0.25, 0.3) is 0 Å². The second-order valence-electron chi connectivity index (χ2n) is 4.28. The van der Waals surface area contributed by atoms with Crippen LogP contribution in [0.3, 0.4) is 0 Å². The summed E-state index contributed by atoms with van der Waals surface area (Å²) < 4.78 is 0. The number of hydrogen-bond acceptors (Lipinski definition) is 2. The van der Waals surface area contributed by atoms with E-state index in [0.29, 0.717) is 18.4 Å². The van der Waals surface area contributed by atoms with Crippen LogP contribution in [0.1, 0.15) is 52.9 Å². The molecular weight excluding hydrogens is 176 g/mol. The van der Waals surface area contributed by atoms with Crippen LogP contribution < -0.4 is 0 Å². The fourth-order valence-corrected chi connectivity index (χ4v) is 2.00. The highest BCUT2D eigenvalue weighted by molar-refractivity contribution is 4.68. The van der Waals surface area contributed by atoms with E-state index in [-0.39, 0.29) is 6.10 Å². The predicted molar refractivity (Wildman–Crippen MR) is 60.2 cm³/mol. The minimum atomic E-state index is -0.192. The minimum absolute atomic E-state index is 0.192. The molecule has 0 heterocycles. The average molecular weight is 202 g/mol. The van der Waals surface area contributed by atoms with E-state index in [1.165, 1.54) is 0 Å². The Morgan fingerprint density at radius 2 is 1.79 bits per heavy atom. The largest absolute Gasteiger partial charge is 0.396 e. The second-order valence-corrected chi connectivity index (χ2v) is 4.28. The van der Waals surface area contributed by atoms with E-state index in [1.807, 2.05) is 6.92 Å². The maximum Gasteiger partial charge on any atom is 0.0540 e. The van der Waals surface area contributed by atoms with E-state index in [0.717, 1.165) is 32.1 Å². The summed E-state index contributed by atoms with van der Waals surface area (Å²) in [6.07, 6.45) is 5.11. The molecule has 0 aliphatic rings. The van der Waals surface area contributed by atoms with E-state index in [1.54, 1.807) is 0 Å². The summed E-state index contributed by atoms with van der Waals surface area (Å²) in [4.78, 5) is 0. The van der Waals surface area contributed by atoms with Gasteiger partial charge in [-0.25, -0.2) is 0 Å². The molecule has 14 heavy (non-hydrogen) atoms. The third-order valence-corrected chi connectivity index (χ3v) is 3.19. The zero-order chi connectivity index (χ0) is 11.0. The lowest BCUT2D eigenvalue weighted by atomic mass is 9.85. The fraction of sp³-hybridized carbons (Fsp3) is 1.00. The number of hydrogen-bond donors (Lipinski definition) is 2. The van der Waals surface area contributed by atoms with Crippen molar-refractivity contribution in [3.63, 3.8) is 0 Å². The molecule has 0 saturated carbocycles. The molecule has 0 amide bonds. The van der Waals surface area contributed by atoms with Gasteiger partial charge in [-0.3, -0.25) is 0 Å². The molecule has 0 rings (SSSR count). The summed E-state index contributed by atoms with van der Waals surface area (Å²) in [5, 5.41) is 18.3. The first-order valence-electron chi connectivity index (χ1n) is 5.94. The van der Waals surface area contributed by atoms with Crippen molar-refractivity contribution >= 4 is 0 Å². The molecule has 0 aromatic carbocycles. The summed E-state index contributed by atoms with van der Waals surface area (Å²) in [5.74, 6) is 1.10. The van der Waals surface area contributed by atoms with E-state index in [2.05, 4.69) is 13.8 Å². The lowest BCUT2D eigenvalue weighted by molar-refractivity contribution is 0.103. The van der Waals surface area contributed by atoms with Gasteiger partial charge in [-0.05, 0) is 38.0 Å². The van der Waals surface area contributed by atoms with E-state index in [4.69, 9.17) is 5.11 Å². The van der Waals surface area contributed by atoms with Crippen LogP contribution in [-0.2, 0) is 0 Å². The molecule has 86 valence electrons. The summed E-state index contributed by atoms with van der Waals surface area (Å²) in [7, 11) is 0. The van der Waals surface area contributed by atoms with Crippen molar-refractivity contribution in [2.24, 2.45) is 11.8 Å². The van der Waals surface area contributed by atoms with Crippen molar-refractivity contribution in [2.75, 3.05) is 6.61 Å². The Morgan fingerprint density at radius 3 is 2.14 bits per heavy atom. The van der Waals surface area contributed by atoms with Gasteiger partial charge in [0.2, 0.25) is 0 Å². The highest BCUT2D eigenvalue weighted by Gasteiger charge is 2.17. The quantitative estimate of drug-likeness (QED) is 0.635. The summed E-state index contributed by atoms with van der Waals surface area (Å²) in [6, 6.07) is 0. The number of rotatable bonds is 8. The number of aliphatic hydroxyl groups is 2. The molecule has 0 aromatic heterocycles. The van der Waals surface area contributed by atoms with Crippen LogP contribution in [0.25, 0.3) is 0 Å². The number of aliphatic hydroxyl groups excluding tert-OH is 2. The van der Waals surface area contributed by atoms with Crippen LogP contribution in [-0.4, -0.2) is 22.9 Å². The first-order valence-corrected chi connectivity index (χ1v) is 5.94. The Morgan fingerprint density at radius 1 is 1.14 bits per heavy atom. The molecule has 0 bridgehead atoms. The lowest BCUT2D eigenvalue weighted by Crippen LogP contribution is -2.19. The van der Waals surface area contributed by atoms with Crippen molar-refractivity contribution in [3.05, 3.63) is 0 Å². The van der Waals surface area contributed by atoms with Crippen molar-refractivity contribution in [3.8, 4) is 0 Å². The normalized spacial score (nSPS) is 17.8. The first-order chi connectivity index (χ1) is 6.65. The third kappa shape index (κ3) is 5.61. The Hall–Kier alpha value is -0.0800. The predicted octanol–water partition coefficient (Wildman–Crippen LogP) is 2.58. The van der Waals surface area contributed by atoms with Crippen LogP contribution in [0.5, 0.6) is 0 Å². The highest BCUT2D eigenvalue weighted by atomic mass is 16.3. The van der Waals surface area contributed by atoms with E-state index >= 15 is 0 Å². The molecule has 0 aliphatic carbocycles. The van der Waals surface area contributed by atoms with Gasteiger partial charge >= 0.3 is 0 Å². The van der Waals surface area contributed by atoms with Gasteiger partial charge in [0.05, 0.1) is 6.10 Å². The van der Waals surface area contributed by atoms with Crippen LogP contribution >= 0.6 is 0 Å². The van der Waals surface area contributed by atoms with Gasteiger partial charge in [0, 0.05) is 6.61 Å². The van der Waals surface area contributed by atoms with Gasteiger partial charge in [-0.1, -0.05) is 26.7 Å². The molecule has 2 N–H and O–H groups in total. The van der Waals surface area contributed by atoms with Crippen molar-refractivity contribution in [1.82, 2.24) is 0 Å². The van der Waals surface area contributed by atoms with Crippen molar-refractivity contribution in [2.45, 2.75) is 59.0 Å². The summed E-state index contributed by atoms with van der Waals surface area (Å²) in [5.41, 5.74) is 0. The SMILES string of the molecule is CCC(CCCO)CC(CC)C(C)O. The smallest absolute Gasteiger partial charge is 0.0540 e. The molecule has 0 radical (unpaired) electrons. The van der Waals surface area contributed by atoms with Gasteiger partial charge in [-0.2, -0.15) is 0 Å². The van der Waals surface area contributed by atoms with Gasteiger partial charge in [0.15, 0.2) is 0 Å². The molecule has 0 aromatic rings. The molecule has 0 spiro atoms. The van der Waals surface area contributed by atoms with E-state index < -0.39 is 0 Å². The summed E-state index contributed by atoms with van der Waals surface area (Å²) in [6.45, 7) is 6.50. The van der Waals surface area contributed by atoms with Gasteiger partial charge in [-0.15, -0.1) is 0 Å². The lowest BCUT2D eigenvalue weighted by Gasteiger charge is -2.23. The molecular formula is C12H26O2. The van der Waals surface area contributed by atoms with Crippen LogP contribution in [0.2, 0.25) is 0 Å². The maximum absolute atomic E-state index is 9.53. The van der Waals surface area contributed by atoms with Crippen molar-refractivity contribution < 1.29 is 10.2 Å². The Kier molecular flexibility index (Phi) is 8.20. The molecule has 3 unspecified atom stereocenters. The molecule has 2 nitrogen and oxygen atoms in total. The fourth-order valence-electron chi connectivity index (χ4n) is 2.00. The second kappa shape index (κ2) is 8.25. The molecule has 3 atom stereocenters. The average Bonchev–Trinajstić information content (AvgIpc) is 2.18. The van der Waals surface area contributed by atoms with Gasteiger partial charge in [0.1, 0.15) is 0 Å². The maximum atomic E-state index is 9.53. The summed E-state index contributed by atoms with van der Waals surface area (Å²) >= 11 is 0. The van der Waals surface area contributed by atoms with Crippen LogP contribution in [0, 0.1) is 11.8 Å².